The lowest BCUT2D eigenvalue weighted by molar-refractivity contribution is -0.189. The van der Waals surface area contributed by atoms with Crippen LogP contribution in [0.5, 0.6) is 5.75 Å². The number of hydrogen-bond acceptors (Lipinski definition) is 4. The summed E-state index contributed by atoms with van der Waals surface area (Å²) in [7, 11) is -1.19. The van der Waals surface area contributed by atoms with Crippen LogP contribution in [0.2, 0.25) is 0 Å². The molecule has 0 spiro atoms. The molecular weight excluding hydrogens is 441 g/mol. The van der Waals surface area contributed by atoms with Gasteiger partial charge in [-0.1, -0.05) is 18.2 Å². The quantitative estimate of drug-likeness (QED) is 0.496. The molecule has 1 fully saturated rings. The number of anilines is 1. The second-order valence-corrected chi connectivity index (χ2v) is 9.03. The fourth-order valence-corrected chi connectivity index (χ4v) is 3.15. The Hall–Kier alpha value is -2.59. The number of carbonyl (C=O) groups excluding carboxylic acids is 1. The number of halogens is 4. The van der Waals surface area contributed by atoms with E-state index in [0.29, 0.717) is 5.69 Å². The maximum Gasteiger partial charge on any atom is 0.497 e. The van der Waals surface area contributed by atoms with Crippen LogP contribution in [0.1, 0.15) is 50.5 Å². The lowest BCUT2D eigenvalue weighted by Gasteiger charge is -2.32. The Bertz CT molecular complexity index is 1040. The van der Waals surface area contributed by atoms with E-state index in [1.165, 1.54) is 0 Å². The van der Waals surface area contributed by atoms with Crippen LogP contribution in [-0.4, -0.2) is 36.5 Å². The van der Waals surface area contributed by atoms with Crippen LogP contribution < -0.4 is 15.5 Å². The van der Waals surface area contributed by atoms with Gasteiger partial charge in [-0.3, -0.25) is 4.79 Å². The molecule has 1 aliphatic rings. The van der Waals surface area contributed by atoms with E-state index in [-0.39, 0.29) is 11.0 Å². The molecule has 2 aromatic rings. The van der Waals surface area contributed by atoms with Crippen molar-refractivity contribution < 1.29 is 36.4 Å². The van der Waals surface area contributed by atoms with E-state index in [1.807, 2.05) is 0 Å². The third kappa shape index (κ3) is 5.17. The standard InChI is InChI=1S/C23H26BF4NO4/c1-13-9-7-8-10-18(13)29-20(30)15-11-17(25)16(12-19(15)31-14(2)23(26,27)28)24-32-21(3,4)22(5,6)33-24/h7-12,14H,1-6H3,(H,29,30). The van der Waals surface area contributed by atoms with Gasteiger partial charge in [-0.25, -0.2) is 4.39 Å². The molecule has 1 aliphatic heterocycles. The third-order valence-electron chi connectivity index (χ3n) is 6.01. The van der Waals surface area contributed by atoms with Crippen molar-refractivity contribution in [1.82, 2.24) is 0 Å². The molecule has 0 radical (unpaired) electrons. The predicted octanol–water partition coefficient (Wildman–Crippen LogP) is 5.02. The Kier molecular flexibility index (Phi) is 6.56. The number of benzene rings is 2. The zero-order chi connectivity index (χ0) is 24.8. The highest BCUT2D eigenvalue weighted by Gasteiger charge is 2.52. The predicted molar refractivity (Wildman–Crippen MR) is 117 cm³/mol. The molecule has 178 valence electrons. The molecule has 0 saturated carbocycles. The van der Waals surface area contributed by atoms with Crippen molar-refractivity contribution in [3.8, 4) is 5.75 Å². The monoisotopic (exact) mass is 467 g/mol. The summed E-state index contributed by atoms with van der Waals surface area (Å²) >= 11 is 0. The second-order valence-electron chi connectivity index (χ2n) is 9.03. The second kappa shape index (κ2) is 8.64. The highest BCUT2D eigenvalue weighted by atomic mass is 19.4. The lowest BCUT2D eigenvalue weighted by atomic mass is 9.78. The van der Waals surface area contributed by atoms with Gasteiger partial charge in [0.15, 0.2) is 6.10 Å². The van der Waals surface area contributed by atoms with Crippen LogP contribution in [0.15, 0.2) is 36.4 Å². The van der Waals surface area contributed by atoms with Crippen molar-refractivity contribution in [3.63, 3.8) is 0 Å². The highest BCUT2D eigenvalue weighted by Crippen LogP contribution is 2.37. The molecular formula is C23H26BF4NO4. The van der Waals surface area contributed by atoms with E-state index in [4.69, 9.17) is 14.0 Å². The van der Waals surface area contributed by atoms with Crippen LogP contribution in [0.25, 0.3) is 0 Å². The van der Waals surface area contributed by atoms with Crippen molar-refractivity contribution >= 4 is 24.2 Å². The first-order valence-corrected chi connectivity index (χ1v) is 10.4. The molecule has 1 unspecified atom stereocenters. The number of aryl methyl sites for hydroxylation is 1. The molecule has 0 aliphatic carbocycles. The minimum absolute atomic E-state index is 0.162. The average Bonchev–Trinajstić information content (AvgIpc) is 2.90. The number of hydrogen-bond donors (Lipinski definition) is 1. The van der Waals surface area contributed by atoms with Crippen LogP contribution in [0.3, 0.4) is 0 Å². The lowest BCUT2D eigenvalue weighted by Crippen LogP contribution is -2.41. The maximum atomic E-state index is 15.1. The number of carbonyl (C=O) groups is 1. The van der Waals surface area contributed by atoms with Crippen LogP contribution in [0.4, 0.5) is 23.2 Å². The van der Waals surface area contributed by atoms with Crippen molar-refractivity contribution in [2.75, 3.05) is 5.32 Å². The Morgan fingerprint density at radius 3 is 2.21 bits per heavy atom. The Labute approximate surface area is 190 Å². The zero-order valence-electron chi connectivity index (χ0n) is 19.3. The smallest absolute Gasteiger partial charge is 0.480 e. The molecule has 33 heavy (non-hydrogen) atoms. The molecule has 10 heteroatoms. The topological polar surface area (TPSA) is 56.8 Å². The molecule has 2 aromatic carbocycles. The molecule has 1 atom stereocenters. The Morgan fingerprint density at radius 1 is 1.09 bits per heavy atom. The van der Waals surface area contributed by atoms with Gasteiger partial charge in [-0.15, -0.1) is 0 Å². The van der Waals surface area contributed by atoms with E-state index in [9.17, 15) is 18.0 Å². The van der Waals surface area contributed by atoms with Crippen LogP contribution in [-0.2, 0) is 9.31 Å². The van der Waals surface area contributed by atoms with Crippen LogP contribution in [0, 0.1) is 12.7 Å². The maximum absolute atomic E-state index is 15.1. The molecule has 1 heterocycles. The van der Waals surface area contributed by atoms with Gasteiger partial charge in [-0.2, -0.15) is 13.2 Å². The van der Waals surface area contributed by atoms with E-state index >= 15 is 4.39 Å². The van der Waals surface area contributed by atoms with Gasteiger partial charge in [0.1, 0.15) is 11.6 Å². The van der Waals surface area contributed by atoms with Gasteiger partial charge in [0.05, 0.1) is 16.8 Å². The molecule has 5 nitrogen and oxygen atoms in total. The van der Waals surface area contributed by atoms with E-state index < -0.39 is 48.1 Å². The molecule has 1 N–H and O–H groups in total. The molecule has 1 saturated heterocycles. The summed E-state index contributed by atoms with van der Waals surface area (Å²) in [5, 5.41) is 2.59. The van der Waals surface area contributed by atoms with Gasteiger partial charge >= 0.3 is 13.3 Å². The summed E-state index contributed by atoms with van der Waals surface area (Å²) in [6.45, 7) is 9.60. The van der Waals surface area contributed by atoms with E-state index in [1.54, 1.807) is 58.9 Å². The van der Waals surface area contributed by atoms with Gasteiger partial charge in [0, 0.05) is 11.2 Å². The summed E-state index contributed by atoms with van der Waals surface area (Å²) in [4.78, 5) is 12.9. The summed E-state index contributed by atoms with van der Waals surface area (Å²) < 4.78 is 71.5. The third-order valence-corrected chi connectivity index (χ3v) is 6.01. The number of para-hydroxylation sites is 1. The molecule has 0 bridgehead atoms. The first-order valence-electron chi connectivity index (χ1n) is 10.4. The van der Waals surface area contributed by atoms with Crippen molar-refractivity contribution in [2.45, 2.75) is 65.0 Å². The van der Waals surface area contributed by atoms with Crippen molar-refractivity contribution in [2.24, 2.45) is 0 Å². The number of nitrogens with one attached hydrogen (secondary N) is 1. The summed E-state index contributed by atoms with van der Waals surface area (Å²) in [5.74, 6) is -2.11. The van der Waals surface area contributed by atoms with Crippen molar-refractivity contribution in [1.29, 1.82) is 0 Å². The number of rotatable bonds is 5. The SMILES string of the molecule is Cc1ccccc1NC(=O)c1cc(F)c(B2OC(C)(C)C(C)(C)O2)cc1OC(C)C(F)(F)F. The summed E-state index contributed by atoms with van der Waals surface area (Å²) in [6, 6.07) is 8.71. The molecule has 3 rings (SSSR count). The fraction of sp³-hybridized carbons (Fsp3) is 0.435. The summed E-state index contributed by atoms with van der Waals surface area (Å²) in [6.07, 6.45) is -6.93. The van der Waals surface area contributed by atoms with Gasteiger partial charge in [0.25, 0.3) is 5.91 Å². The Balaban J connectivity index is 2.03. The van der Waals surface area contributed by atoms with E-state index in [0.717, 1.165) is 24.6 Å². The molecule has 1 amide bonds. The average molecular weight is 467 g/mol. The van der Waals surface area contributed by atoms with Gasteiger partial charge in [-0.05, 0) is 65.3 Å². The zero-order valence-corrected chi connectivity index (χ0v) is 19.3. The largest absolute Gasteiger partial charge is 0.497 e. The Morgan fingerprint density at radius 2 is 1.67 bits per heavy atom. The normalized spacial score (nSPS) is 18.2. The molecule has 0 aromatic heterocycles. The van der Waals surface area contributed by atoms with Gasteiger partial charge < -0.3 is 19.4 Å². The summed E-state index contributed by atoms with van der Waals surface area (Å²) in [5.41, 5.74) is -0.979. The van der Waals surface area contributed by atoms with E-state index in [2.05, 4.69) is 5.32 Å². The minimum Gasteiger partial charge on any atom is -0.480 e. The van der Waals surface area contributed by atoms with Crippen molar-refractivity contribution in [3.05, 3.63) is 53.3 Å². The highest BCUT2D eigenvalue weighted by molar-refractivity contribution is 6.62. The number of amides is 1. The van der Waals surface area contributed by atoms with Crippen LogP contribution >= 0.6 is 0 Å². The number of alkyl halides is 3. The minimum atomic E-state index is -4.69. The number of ether oxygens (including phenoxy) is 1. The fourth-order valence-electron chi connectivity index (χ4n) is 3.15. The first kappa shape index (κ1) is 25.0. The first-order chi connectivity index (χ1) is 15.1. The van der Waals surface area contributed by atoms with Gasteiger partial charge in [0.2, 0.25) is 0 Å².